The van der Waals surface area contributed by atoms with E-state index in [-0.39, 0.29) is 6.04 Å². The zero-order valence-electron chi connectivity index (χ0n) is 11.5. The van der Waals surface area contributed by atoms with Crippen LogP contribution in [-0.4, -0.2) is 6.04 Å². The smallest absolute Gasteiger partial charge is 0.146 e. The van der Waals surface area contributed by atoms with Crippen LogP contribution in [-0.2, 0) is 6.42 Å². The zero-order chi connectivity index (χ0) is 14.7. The molecule has 0 radical (unpaired) electrons. The van der Waals surface area contributed by atoms with E-state index in [4.69, 9.17) is 22.1 Å². The van der Waals surface area contributed by atoms with E-state index in [9.17, 15) is 0 Å². The number of halogens is 2. The minimum absolute atomic E-state index is 0.0759. The molecule has 4 heteroatoms. The molecule has 0 fully saturated rings. The van der Waals surface area contributed by atoms with Crippen LogP contribution in [0.15, 0.2) is 40.9 Å². The molecule has 1 unspecified atom stereocenters. The normalized spacial score (nSPS) is 12.2. The van der Waals surface area contributed by atoms with Gasteiger partial charge in [0.15, 0.2) is 0 Å². The summed E-state index contributed by atoms with van der Waals surface area (Å²) in [7, 11) is 0. The van der Waals surface area contributed by atoms with Gasteiger partial charge in [-0.2, -0.15) is 0 Å². The highest BCUT2D eigenvalue weighted by Crippen LogP contribution is 2.33. The van der Waals surface area contributed by atoms with E-state index in [0.29, 0.717) is 10.8 Å². The molecule has 1 atom stereocenters. The van der Waals surface area contributed by atoms with Crippen LogP contribution in [0.2, 0.25) is 5.02 Å². The SMILES string of the molecule is Cc1ccc(Oc2cc(Br)ccc2CC(C)N)c(Cl)c1. The van der Waals surface area contributed by atoms with Crippen LogP contribution in [0.1, 0.15) is 18.1 Å². The van der Waals surface area contributed by atoms with E-state index in [0.717, 1.165) is 27.8 Å². The lowest BCUT2D eigenvalue weighted by Gasteiger charge is -2.14. The molecular formula is C16H17BrClNO. The third kappa shape index (κ3) is 3.98. The first-order chi connectivity index (χ1) is 9.45. The average molecular weight is 355 g/mol. The Morgan fingerprint density at radius 3 is 2.60 bits per heavy atom. The highest BCUT2D eigenvalue weighted by Gasteiger charge is 2.10. The fourth-order valence-corrected chi connectivity index (χ4v) is 2.56. The third-order valence-corrected chi connectivity index (χ3v) is 3.67. The Labute approximate surface area is 133 Å². The number of aryl methyl sites for hydroxylation is 1. The van der Waals surface area contributed by atoms with Gasteiger partial charge in [0, 0.05) is 10.5 Å². The first kappa shape index (κ1) is 15.4. The van der Waals surface area contributed by atoms with Gasteiger partial charge in [0.1, 0.15) is 11.5 Å². The van der Waals surface area contributed by atoms with Crippen LogP contribution in [0.5, 0.6) is 11.5 Å². The molecule has 2 aromatic rings. The first-order valence-corrected chi connectivity index (χ1v) is 7.61. The summed E-state index contributed by atoms with van der Waals surface area (Å²) in [4.78, 5) is 0. The molecule has 0 aromatic heterocycles. The van der Waals surface area contributed by atoms with Crippen molar-refractivity contribution in [2.75, 3.05) is 0 Å². The predicted octanol–water partition coefficient (Wildman–Crippen LogP) is 5.09. The van der Waals surface area contributed by atoms with Crippen molar-refractivity contribution in [1.82, 2.24) is 0 Å². The lowest BCUT2D eigenvalue weighted by molar-refractivity contribution is 0.473. The highest BCUT2D eigenvalue weighted by molar-refractivity contribution is 9.10. The molecule has 2 nitrogen and oxygen atoms in total. The first-order valence-electron chi connectivity index (χ1n) is 6.43. The van der Waals surface area contributed by atoms with Gasteiger partial charge < -0.3 is 10.5 Å². The molecular weight excluding hydrogens is 338 g/mol. The van der Waals surface area contributed by atoms with Crippen molar-refractivity contribution in [3.05, 3.63) is 57.0 Å². The molecule has 0 saturated heterocycles. The lowest BCUT2D eigenvalue weighted by Crippen LogP contribution is -2.18. The largest absolute Gasteiger partial charge is 0.455 e. The van der Waals surface area contributed by atoms with Gasteiger partial charge in [0.25, 0.3) is 0 Å². The fourth-order valence-electron chi connectivity index (χ4n) is 1.95. The van der Waals surface area contributed by atoms with Gasteiger partial charge in [0.05, 0.1) is 5.02 Å². The zero-order valence-corrected chi connectivity index (χ0v) is 13.8. The van der Waals surface area contributed by atoms with E-state index in [2.05, 4.69) is 15.9 Å². The molecule has 106 valence electrons. The summed E-state index contributed by atoms with van der Waals surface area (Å²) in [5, 5.41) is 0.608. The van der Waals surface area contributed by atoms with Crippen LogP contribution < -0.4 is 10.5 Å². The molecule has 0 saturated carbocycles. The molecule has 0 amide bonds. The van der Waals surface area contributed by atoms with Gasteiger partial charge in [-0.25, -0.2) is 0 Å². The van der Waals surface area contributed by atoms with Crippen molar-refractivity contribution in [3.8, 4) is 11.5 Å². The van der Waals surface area contributed by atoms with Crippen molar-refractivity contribution < 1.29 is 4.74 Å². The Morgan fingerprint density at radius 1 is 1.20 bits per heavy atom. The summed E-state index contributed by atoms with van der Waals surface area (Å²) in [6.45, 7) is 3.97. The van der Waals surface area contributed by atoms with Gasteiger partial charge >= 0.3 is 0 Å². The summed E-state index contributed by atoms with van der Waals surface area (Å²) >= 11 is 9.68. The maximum Gasteiger partial charge on any atom is 0.146 e. The maximum absolute atomic E-state index is 6.22. The number of benzene rings is 2. The van der Waals surface area contributed by atoms with Crippen molar-refractivity contribution in [2.24, 2.45) is 5.73 Å². The summed E-state index contributed by atoms with van der Waals surface area (Å²) in [5.74, 6) is 1.43. The maximum atomic E-state index is 6.22. The van der Waals surface area contributed by atoms with Gasteiger partial charge in [-0.05, 0) is 55.7 Å². The molecule has 0 heterocycles. The van der Waals surface area contributed by atoms with Crippen molar-refractivity contribution in [3.63, 3.8) is 0 Å². The molecule has 0 bridgehead atoms. The topological polar surface area (TPSA) is 35.2 Å². The Morgan fingerprint density at radius 2 is 1.95 bits per heavy atom. The molecule has 0 spiro atoms. The van der Waals surface area contributed by atoms with Gasteiger partial charge in [-0.1, -0.05) is 39.7 Å². The number of hydrogen-bond donors (Lipinski definition) is 1. The number of nitrogens with two attached hydrogens (primary N) is 1. The van der Waals surface area contributed by atoms with Crippen LogP contribution in [0.25, 0.3) is 0 Å². The minimum Gasteiger partial charge on any atom is -0.455 e. The van der Waals surface area contributed by atoms with E-state index >= 15 is 0 Å². The van der Waals surface area contributed by atoms with E-state index < -0.39 is 0 Å². The Balaban J connectivity index is 2.34. The fraction of sp³-hybridized carbons (Fsp3) is 0.250. The molecule has 20 heavy (non-hydrogen) atoms. The Hall–Kier alpha value is -1.03. The van der Waals surface area contributed by atoms with Crippen molar-refractivity contribution in [1.29, 1.82) is 0 Å². The molecule has 2 aromatic carbocycles. The molecule has 0 aliphatic rings. The third-order valence-electron chi connectivity index (χ3n) is 2.88. The van der Waals surface area contributed by atoms with Gasteiger partial charge in [-0.3, -0.25) is 0 Å². The molecule has 0 aliphatic carbocycles. The minimum atomic E-state index is 0.0759. The van der Waals surface area contributed by atoms with E-state index in [1.165, 1.54) is 0 Å². The van der Waals surface area contributed by atoms with Crippen molar-refractivity contribution >= 4 is 27.5 Å². The van der Waals surface area contributed by atoms with E-state index in [1.54, 1.807) is 0 Å². The van der Waals surface area contributed by atoms with Gasteiger partial charge in [-0.15, -0.1) is 0 Å². The van der Waals surface area contributed by atoms with Gasteiger partial charge in [0.2, 0.25) is 0 Å². The second-order valence-electron chi connectivity index (χ2n) is 4.97. The lowest BCUT2D eigenvalue weighted by atomic mass is 10.1. The summed E-state index contributed by atoms with van der Waals surface area (Å²) in [6, 6.07) is 11.8. The average Bonchev–Trinajstić information content (AvgIpc) is 2.35. The van der Waals surface area contributed by atoms with Crippen LogP contribution in [0, 0.1) is 6.92 Å². The highest BCUT2D eigenvalue weighted by atomic mass is 79.9. The Kier molecular flexibility index (Phi) is 5.08. The number of hydrogen-bond acceptors (Lipinski definition) is 2. The number of ether oxygens (including phenoxy) is 1. The standard InChI is InChI=1S/C16H17BrClNO/c1-10-3-6-15(14(18)7-10)20-16-9-13(17)5-4-12(16)8-11(2)19/h3-7,9,11H,8,19H2,1-2H3. The quantitative estimate of drug-likeness (QED) is 0.829. The number of rotatable bonds is 4. The van der Waals surface area contributed by atoms with Crippen LogP contribution >= 0.6 is 27.5 Å². The summed E-state index contributed by atoms with van der Waals surface area (Å²) in [5.41, 5.74) is 8.05. The van der Waals surface area contributed by atoms with Crippen molar-refractivity contribution in [2.45, 2.75) is 26.3 Å². The van der Waals surface area contributed by atoms with Crippen LogP contribution in [0.3, 0.4) is 0 Å². The summed E-state index contributed by atoms with van der Waals surface area (Å²) < 4.78 is 6.92. The summed E-state index contributed by atoms with van der Waals surface area (Å²) in [6.07, 6.45) is 0.756. The predicted molar refractivity (Wildman–Crippen MR) is 87.8 cm³/mol. The second kappa shape index (κ2) is 6.61. The molecule has 0 aliphatic heterocycles. The van der Waals surface area contributed by atoms with E-state index in [1.807, 2.05) is 50.2 Å². The second-order valence-corrected chi connectivity index (χ2v) is 6.29. The molecule has 2 N–H and O–H groups in total. The monoisotopic (exact) mass is 353 g/mol. The molecule has 2 rings (SSSR count). The Bertz CT molecular complexity index is 613. The van der Waals surface area contributed by atoms with Crippen LogP contribution in [0.4, 0.5) is 0 Å².